The summed E-state index contributed by atoms with van der Waals surface area (Å²) in [5, 5.41) is 0. The van der Waals surface area contributed by atoms with Crippen molar-refractivity contribution in [1.29, 1.82) is 0 Å². The van der Waals surface area contributed by atoms with Crippen LogP contribution < -0.4 is 0 Å². The van der Waals surface area contributed by atoms with E-state index < -0.39 is 0 Å². The number of hydrogen-bond acceptors (Lipinski definition) is 0. The van der Waals surface area contributed by atoms with Crippen molar-refractivity contribution in [2.45, 2.75) is 27.2 Å². The van der Waals surface area contributed by atoms with E-state index in [1.54, 1.807) is 0 Å². The summed E-state index contributed by atoms with van der Waals surface area (Å²) in [6, 6.07) is 0. The lowest BCUT2D eigenvalue weighted by Crippen LogP contribution is -1.99. The molecule has 90 valence electrons. The molecule has 0 amide bonds. The van der Waals surface area contributed by atoms with Crippen LogP contribution in [0.5, 0.6) is 0 Å². The van der Waals surface area contributed by atoms with Gasteiger partial charge in [0.25, 0.3) is 0 Å². The summed E-state index contributed by atoms with van der Waals surface area (Å²) < 4.78 is 0. The van der Waals surface area contributed by atoms with E-state index in [-0.39, 0.29) is 0 Å². The molecule has 0 heterocycles. The Kier molecular flexibility index (Phi) is 4.96. The first-order valence-electron chi connectivity index (χ1n) is 6.08. The van der Waals surface area contributed by atoms with E-state index in [1.165, 1.54) is 11.1 Å². The van der Waals surface area contributed by atoms with Gasteiger partial charge in [-0.15, -0.1) is 0 Å². The van der Waals surface area contributed by atoms with Gasteiger partial charge in [0.1, 0.15) is 0 Å². The molecule has 0 aromatic rings. The van der Waals surface area contributed by atoms with Crippen molar-refractivity contribution in [1.82, 2.24) is 0 Å². The van der Waals surface area contributed by atoms with Crippen LogP contribution in [0.25, 0.3) is 0 Å². The van der Waals surface area contributed by atoms with Crippen molar-refractivity contribution < 1.29 is 0 Å². The van der Waals surface area contributed by atoms with Crippen LogP contribution in [0.15, 0.2) is 71.9 Å². The highest BCUT2D eigenvalue weighted by atomic mass is 14.1. The summed E-state index contributed by atoms with van der Waals surface area (Å²) in [4.78, 5) is 0. The van der Waals surface area contributed by atoms with Gasteiger partial charge in [-0.1, -0.05) is 67.7 Å². The van der Waals surface area contributed by atoms with E-state index in [2.05, 4.69) is 51.3 Å². The van der Waals surface area contributed by atoms with Gasteiger partial charge < -0.3 is 0 Å². The van der Waals surface area contributed by atoms with Gasteiger partial charge in [0, 0.05) is 0 Å². The topological polar surface area (TPSA) is 0 Å². The molecule has 1 unspecified atom stereocenters. The Balaban J connectivity index is 2.57. The van der Waals surface area contributed by atoms with E-state index >= 15 is 0 Å². The van der Waals surface area contributed by atoms with Gasteiger partial charge in [-0.2, -0.15) is 0 Å². The van der Waals surface area contributed by atoms with E-state index in [1.807, 2.05) is 19.1 Å². The molecule has 0 heteroatoms. The third-order valence-electron chi connectivity index (χ3n) is 3.12. The summed E-state index contributed by atoms with van der Waals surface area (Å²) >= 11 is 0. The minimum Gasteiger partial charge on any atom is -0.0955 e. The lowest BCUT2D eigenvalue weighted by atomic mass is 9.91. The Morgan fingerprint density at radius 3 is 2.65 bits per heavy atom. The maximum atomic E-state index is 3.91. The van der Waals surface area contributed by atoms with Crippen LogP contribution in [-0.4, -0.2) is 0 Å². The van der Waals surface area contributed by atoms with Crippen molar-refractivity contribution in [2.75, 3.05) is 0 Å². The zero-order valence-electron chi connectivity index (χ0n) is 11.2. The van der Waals surface area contributed by atoms with Crippen molar-refractivity contribution in [3.8, 4) is 0 Å². The molecule has 0 aromatic carbocycles. The predicted molar refractivity (Wildman–Crippen MR) is 77.9 cm³/mol. The molecule has 0 saturated carbocycles. The van der Waals surface area contributed by atoms with Gasteiger partial charge in [0.05, 0.1) is 0 Å². The summed E-state index contributed by atoms with van der Waals surface area (Å²) in [6.07, 6.45) is 13.9. The van der Waals surface area contributed by atoms with Crippen LogP contribution in [-0.2, 0) is 0 Å². The highest BCUT2D eigenvalue weighted by molar-refractivity contribution is 5.40. The van der Waals surface area contributed by atoms with E-state index in [0.29, 0.717) is 5.92 Å². The minimum absolute atomic E-state index is 0.686. The maximum Gasteiger partial charge on any atom is -0.0196 e. The quantitative estimate of drug-likeness (QED) is 0.582. The molecule has 17 heavy (non-hydrogen) atoms. The van der Waals surface area contributed by atoms with Gasteiger partial charge in [-0.05, 0) is 37.3 Å². The fourth-order valence-corrected chi connectivity index (χ4v) is 1.56. The Hall–Kier alpha value is -1.56. The second-order valence-electron chi connectivity index (χ2n) is 4.75. The van der Waals surface area contributed by atoms with Crippen LogP contribution in [0.4, 0.5) is 0 Å². The lowest BCUT2D eigenvalue weighted by molar-refractivity contribution is 0.683. The molecule has 0 saturated heterocycles. The molecule has 1 aliphatic carbocycles. The summed E-state index contributed by atoms with van der Waals surface area (Å²) in [6.45, 7) is 14.2. The molecular weight excluding hydrogens is 204 g/mol. The van der Waals surface area contributed by atoms with Crippen molar-refractivity contribution in [3.05, 3.63) is 71.9 Å². The highest BCUT2D eigenvalue weighted by Crippen LogP contribution is 2.23. The summed E-state index contributed by atoms with van der Waals surface area (Å²) in [5.41, 5.74) is 4.75. The molecular formula is C17H22. The number of hydrogen-bond donors (Lipinski definition) is 0. The second-order valence-corrected chi connectivity index (χ2v) is 4.75. The Morgan fingerprint density at radius 2 is 2.06 bits per heavy atom. The standard InChI is InChI=1S/C17H22/c1-13(2)14(3)8-6-7-9-17-11-10-15(4)16(5)12-17/h6-9,11-12,15H,1,3,10H2,2,4-5H3/b8-6-,9-7+. The molecule has 0 nitrogen and oxygen atoms in total. The highest BCUT2D eigenvalue weighted by Gasteiger charge is 2.07. The lowest BCUT2D eigenvalue weighted by Gasteiger charge is -2.15. The fraction of sp³-hybridized carbons (Fsp3) is 0.294. The number of allylic oxidation sites excluding steroid dienone is 10. The second kappa shape index (κ2) is 6.24. The molecule has 0 N–H and O–H groups in total. The molecule has 0 aromatic heterocycles. The Morgan fingerprint density at radius 1 is 1.35 bits per heavy atom. The molecule has 0 radical (unpaired) electrons. The predicted octanol–water partition coefficient (Wildman–Crippen LogP) is 5.14. The molecule has 1 atom stereocenters. The normalized spacial score (nSPS) is 20.5. The molecule has 0 fully saturated rings. The van der Waals surface area contributed by atoms with Crippen LogP contribution in [0.2, 0.25) is 0 Å². The van der Waals surface area contributed by atoms with Gasteiger partial charge in [-0.3, -0.25) is 0 Å². The molecule has 1 rings (SSSR count). The van der Waals surface area contributed by atoms with Gasteiger partial charge >= 0.3 is 0 Å². The molecule has 1 aliphatic rings. The Bertz CT molecular complexity index is 425. The minimum atomic E-state index is 0.686. The molecule has 0 aliphatic heterocycles. The van der Waals surface area contributed by atoms with E-state index in [4.69, 9.17) is 0 Å². The first kappa shape index (κ1) is 13.5. The SMILES string of the molecule is C=C(C)C(=C)/C=C\C=C\C1=CCC(C)C(C)=C1. The average Bonchev–Trinajstić information content (AvgIpc) is 2.28. The summed E-state index contributed by atoms with van der Waals surface area (Å²) in [7, 11) is 0. The first-order valence-corrected chi connectivity index (χ1v) is 6.08. The van der Waals surface area contributed by atoms with Crippen molar-refractivity contribution >= 4 is 0 Å². The third kappa shape index (κ3) is 4.44. The van der Waals surface area contributed by atoms with Crippen LogP contribution in [0.3, 0.4) is 0 Å². The van der Waals surface area contributed by atoms with Crippen LogP contribution in [0.1, 0.15) is 27.2 Å². The third-order valence-corrected chi connectivity index (χ3v) is 3.12. The fourth-order valence-electron chi connectivity index (χ4n) is 1.56. The monoisotopic (exact) mass is 226 g/mol. The average molecular weight is 226 g/mol. The molecule has 0 bridgehead atoms. The van der Waals surface area contributed by atoms with Crippen LogP contribution >= 0.6 is 0 Å². The van der Waals surface area contributed by atoms with Crippen molar-refractivity contribution in [3.63, 3.8) is 0 Å². The maximum absolute atomic E-state index is 3.91. The zero-order valence-corrected chi connectivity index (χ0v) is 11.2. The van der Waals surface area contributed by atoms with E-state index in [9.17, 15) is 0 Å². The van der Waals surface area contributed by atoms with E-state index in [0.717, 1.165) is 17.6 Å². The number of rotatable bonds is 4. The summed E-state index contributed by atoms with van der Waals surface area (Å²) in [5.74, 6) is 0.686. The van der Waals surface area contributed by atoms with Crippen LogP contribution in [0, 0.1) is 5.92 Å². The van der Waals surface area contributed by atoms with Gasteiger partial charge in [0.2, 0.25) is 0 Å². The smallest absolute Gasteiger partial charge is 0.0196 e. The van der Waals surface area contributed by atoms with Gasteiger partial charge in [0.15, 0.2) is 0 Å². The Labute approximate surface area is 105 Å². The first-order chi connectivity index (χ1) is 8.00. The molecule has 0 spiro atoms. The zero-order chi connectivity index (χ0) is 12.8. The van der Waals surface area contributed by atoms with Crippen molar-refractivity contribution in [2.24, 2.45) is 5.92 Å². The largest absolute Gasteiger partial charge is 0.0955 e. The van der Waals surface area contributed by atoms with Gasteiger partial charge in [-0.25, -0.2) is 0 Å².